The zero-order chi connectivity index (χ0) is 8.43. The van der Waals surface area contributed by atoms with E-state index < -0.39 is 0 Å². The molecule has 0 aromatic carbocycles. The normalized spacial score (nSPS) is 45.8. The summed E-state index contributed by atoms with van der Waals surface area (Å²) < 4.78 is 5.45. The van der Waals surface area contributed by atoms with Gasteiger partial charge in [0.2, 0.25) is 0 Å². The Morgan fingerprint density at radius 3 is 2.36 bits per heavy atom. The van der Waals surface area contributed by atoms with Gasteiger partial charge in [0.25, 0.3) is 0 Å². The van der Waals surface area contributed by atoms with Gasteiger partial charge in [-0.25, -0.2) is 0 Å². The van der Waals surface area contributed by atoms with Gasteiger partial charge in [0.15, 0.2) is 0 Å². The maximum absolute atomic E-state index is 5.45. The lowest BCUT2D eigenvalue weighted by Crippen LogP contribution is -2.51. The van der Waals surface area contributed by atoms with E-state index in [1.807, 2.05) is 7.11 Å². The minimum absolute atomic E-state index is 0.436. The van der Waals surface area contributed by atoms with E-state index in [9.17, 15) is 0 Å². The first-order valence-electron chi connectivity index (χ1n) is 4.43. The highest BCUT2D eigenvalue weighted by Crippen LogP contribution is 2.23. The molecule has 1 rings (SSSR count). The molecule has 1 aliphatic heterocycles. The van der Waals surface area contributed by atoms with Crippen molar-refractivity contribution in [3.63, 3.8) is 0 Å². The molecule has 1 fully saturated rings. The molecule has 4 atom stereocenters. The zero-order valence-electron chi connectivity index (χ0n) is 7.92. The molecule has 0 saturated carbocycles. The Kier molecular flexibility index (Phi) is 2.90. The molecule has 4 unspecified atom stereocenters. The Morgan fingerprint density at radius 1 is 1.27 bits per heavy atom. The average Bonchev–Trinajstić information content (AvgIpc) is 1.99. The van der Waals surface area contributed by atoms with Crippen molar-refractivity contribution in [1.29, 1.82) is 0 Å². The third-order valence-electron chi connectivity index (χ3n) is 2.90. The molecule has 0 bridgehead atoms. The maximum atomic E-state index is 5.45. The second kappa shape index (κ2) is 3.55. The molecule has 0 spiro atoms. The largest absolute Gasteiger partial charge is 0.381 e. The molecular formula is C9H19NO. The van der Waals surface area contributed by atoms with Crippen LogP contribution in [0.15, 0.2) is 0 Å². The van der Waals surface area contributed by atoms with Crippen LogP contribution >= 0.6 is 0 Å². The van der Waals surface area contributed by atoms with Gasteiger partial charge in [-0.05, 0) is 18.8 Å². The number of nitrogens with one attached hydrogen (secondary N) is 1. The van der Waals surface area contributed by atoms with Gasteiger partial charge in [0.1, 0.15) is 0 Å². The van der Waals surface area contributed by atoms with Crippen LogP contribution in [0.5, 0.6) is 0 Å². The predicted molar refractivity (Wildman–Crippen MR) is 46.6 cm³/mol. The fraction of sp³-hybridized carbons (Fsp3) is 1.00. The quantitative estimate of drug-likeness (QED) is 0.619. The number of methoxy groups -OCH3 is 1. The minimum Gasteiger partial charge on any atom is -0.381 e. The molecule has 0 amide bonds. The van der Waals surface area contributed by atoms with E-state index >= 15 is 0 Å². The van der Waals surface area contributed by atoms with Gasteiger partial charge in [0, 0.05) is 19.7 Å². The molecule has 1 aliphatic rings. The molecule has 11 heavy (non-hydrogen) atoms. The fourth-order valence-corrected chi connectivity index (χ4v) is 1.92. The Bertz CT molecular complexity index is 127. The van der Waals surface area contributed by atoms with E-state index in [-0.39, 0.29) is 0 Å². The van der Waals surface area contributed by atoms with Gasteiger partial charge in [-0.1, -0.05) is 13.8 Å². The van der Waals surface area contributed by atoms with E-state index in [4.69, 9.17) is 4.74 Å². The van der Waals surface area contributed by atoms with Gasteiger partial charge >= 0.3 is 0 Å². The minimum atomic E-state index is 0.436. The fourth-order valence-electron chi connectivity index (χ4n) is 1.92. The second-order valence-electron chi connectivity index (χ2n) is 3.73. The monoisotopic (exact) mass is 157 g/mol. The summed E-state index contributed by atoms with van der Waals surface area (Å²) >= 11 is 0. The molecule has 66 valence electrons. The van der Waals surface area contributed by atoms with Crippen LogP contribution in [-0.2, 0) is 4.74 Å². The average molecular weight is 157 g/mol. The zero-order valence-corrected chi connectivity index (χ0v) is 7.92. The first-order chi connectivity index (χ1) is 5.16. The standard InChI is InChI=1S/C9H19NO/c1-6-5-10-8(3)7(2)9(6)11-4/h6-10H,5H2,1-4H3. The third-order valence-corrected chi connectivity index (χ3v) is 2.90. The summed E-state index contributed by atoms with van der Waals surface area (Å²) in [5.41, 5.74) is 0. The van der Waals surface area contributed by atoms with E-state index in [1.165, 1.54) is 0 Å². The SMILES string of the molecule is COC1C(C)CNC(C)C1C. The van der Waals surface area contributed by atoms with Gasteiger partial charge in [-0.15, -0.1) is 0 Å². The topological polar surface area (TPSA) is 21.3 Å². The van der Waals surface area contributed by atoms with Crippen LogP contribution in [0, 0.1) is 11.8 Å². The smallest absolute Gasteiger partial charge is 0.0649 e. The van der Waals surface area contributed by atoms with Crippen molar-refractivity contribution >= 4 is 0 Å². The van der Waals surface area contributed by atoms with E-state index in [1.54, 1.807) is 0 Å². The Labute approximate surface area is 69.3 Å². The summed E-state index contributed by atoms with van der Waals surface area (Å²) in [6.45, 7) is 7.80. The molecule has 2 nitrogen and oxygen atoms in total. The number of rotatable bonds is 1. The first kappa shape index (κ1) is 9.01. The van der Waals surface area contributed by atoms with Gasteiger partial charge in [-0.3, -0.25) is 0 Å². The third kappa shape index (κ3) is 1.74. The van der Waals surface area contributed by atoms with Crippen LogP contribution in [0.25, 0.3) is 0 Å². The lowest BCUT2D eigenvalue weighted by molar-refractivity contribution is -0.0143. The number of ether oxygens (including phenoxy) is 1. The number of piperidine rings is 1. The van der Waals surface area contributed by atoms with Crippen molar-refractivity contribution < 1.29 is 4.74 Å². The van der Waals surface area contributed by atoms with Gasteiger partial charge in [0.05, 0.1) is 6.10 Å². The van der Waals surface area contributed by atoms with Gasteiger partial charge < -0.3 is 10.1 Å². The molecule has 0 aromatic rings. The highest BCUT2D eigenvalue weighted by molar-refractivity contribution is 4.86. The van der Waals surface area contributed by atoms with Crippen LogP contribution in [0.4, 0.5) is 0 Å². The first-order valence-corrected chi connectivity index (χ1v) is 4.43. The van der Waals surface area contributed by atoms with Crippen molar-refractivity contribution in [2.45, 2.75) is 32.9 Å². The second-order valence-corrected chi connectivity index (χ2v) is 3.73. The van der Waals surface area contributed by atoms with E-state index in [0.29, 0.717) is 24.0 Å². The number of hydrogen-bond donors (Lipinski definition) is 1. The van der Waals surface area contributed by atoms with Crippen LogP contribution in [-0.4, -0.2) is 25.8 Å². The maximum Gasteiger partial charge on any atom is 0.0649 e. The molecule has 1 heterocycles. The van der Waals surface area contributed by atoms with Gasteiger partial charge in [-0.2, -0.15) is 0 Å². The molecule has 1 saturated heterocycles. The Morgan fingerprint density at radius 2 is 1.91 bits per heavy atom. The lowest BCUT2D eigenvalue weighted by atomic mass is 9.84. The van der Waals surface area contributed by atoms with Crippen molar-refractivity contribution in [3.8, 4) is 0 Å². The predicted octanol–water partition coefficient (Wildman–Crippen LogP) is 1.27. The molecule has 1 N–H and O–H groups in total. The Hall–Kier alpha value is -0.0800. The van der Waals surface area contributed by atoms with Crippen molar-refractivity contribution in [1.82, 2.24) is 5.32 Å². The molecule has 0 aliphatic carbocycles. The van der Waals surface area contributed by atoms with Crippen LogP contribution in [0.3, 0.4) is 0 Å². The van der Waals surface area contributed by atoms with Crippen molar-refractivity contribution in [2.75, 3.05) is 13.7 Å². The molecule has 0 aromatic heterocycles. The van der Waals surface area contributed by atoms with E-state index in [0.717, 1.165) is 6.54 Å². The lowest BCUT2D eigenvalue weighted by Gasteiger charge is -2.38. The summed E-state index contributed by atoms with van der Waals surface area (Å²) in [6.07, 6.45) is 0.436. The number of hydrogen-bond acceptors (Lipinski definition) is 2. The summed E-state index contributed by atoms with van der Waals surface area (Å²) in [6, 6.07) is 0.594. The van der Waals surface area contributed by atoms with Crippen molar-refractivity contribution in [3.05, 3.63) is 0 Å². The molecule has 2 heteroatoms. The summed E-state index contributed by atoms with van der Waals surface area (Å²) in [5, 5.41) is 3.47. The molecular weight excluding hydrogens is 138 g/mol. The van der Waals surface area contributed by atoms with Crippen molar-refractivity contribution in [2.24, 2.45) is 11.8 Å². The Balaban J connectivity index is 2.55. The van der Waals surface area contributed by atoms with Crippen LogP contribution < -0.4 is 5.32 Å². The van der Waals surface area contributed by atoms with Crippen LogP contribution in [0.1, 0.15) is 20.8 Å². The summed E-state index contributed by atoms with van der Waals surface area (Å²) in [4.78, 5) is 0. The molecule has 0 radical (unpaired) electrons. The summed E-state index contributed by atoms with van der Waals surface area (Å²) in [7, 11) is 1.82. The highest BCUT2D eigenvalue weighted by Gasteiger charge is 2.31. The van der Waals surface area contributed by atoms with Crippen LogP contribution in [0.2, 0.25) is 0 Å². The highest BCUT2D eigenvalue weighted by atomic mass is 16.5. The van der Waals surface area contributed by atoms with E-state index in [2.05, 4.69) is 26.1 Å². The summed E-state index contributed by atoms with van der Waals surface area (Å²) in [5.74, 6) is 1.27.